The number of carbonyl (C=O) groups is 1. The monoisotopic (exact) mass is 514 g/mol. The summed E-state index contributed by atoms with van der Waals surface area (Å²) in [5.74, 6) is -1.17. The minimum Gasteiger partial charge on any atom is -0.466 e. The van der Waals surface area contributed by atoms with E-state index < -0.39 is 46.3 Å². The fourth-order valence-electron chi connectivity index (χ4n) is 3.93. The molecule has 1 fully saturated rings. The molecule has 2 atom stereocenters. The maximum Gasteiger partial charge on any atom is 0.338 e. The predicted molar refractivity (Wildman–Crippen MR) is 121 cm³/mol. The number of thiazole rings is 1. The van der Waals surface area contributed by atoms with Crippen LogP contribution in [-0.2, 0) is 19.6 Å². The van der Waals surface area contributed by atoms with Crippen molar-refractivity contribution in [2.75, 3.05) is 26.0 Å². The van der Waals surface area contributed by atoms with E-state index in [-0.39, 0.29) is 23.6 Å². The van der Waals surface area contributed by atoms with Gasteiger partial charge >= 0.3 is 5.97 Å². The Labute approximate surface area is 198 Å². The van der Waals surface area contributed by atoms with Crippen molar-refractivity contribution >= 4 is 44.8 Å². The Hall–Kier alpha value is -2.38. The number of nitrogens with one attached hydrogen (secondary N) is 1. The third-order valence-electron chi connectivity index (χ3n) is 5.25. The van der Waals surface area contributed by atoms with Gasteiger partial charge in [0.2, 0.25) is 10.0 Å². The Balaban J connectivity index is 1.84. The summed E-state index contributed by atoms with van der Waals surface area (Å²) in [6.07, 6.45) is 1.79. The molecule has 2 aliphatic rings. The van der Waals surface area contributed by atoms with E-state index in [0.717, 1.165) is 6.07 Å². The number of ether oxygens (including phenoxy) is 1. The molecule has 0 spiro atoms. The number of rotatable bonds is 7. The normalized spacial score (nSPS) is 20.6. The van der Waals surface area contributed by atoms with Crippen LogP contribution in [0.15, 0.2) is 46.0 Å². The lowest BCUT2D eigenvalue weighted by Gasteiger charge is -2.31. The first-order chi connectivity index (χ1) is 15.7. The number of hydrogen-bond acceptors (Lipinski definition) is 9. The van der Waals surface area contributed by atoms with E-state index in [1.54, 1.807) is 16.5 Å². The second-order valence-corrected chi connectivity index (χ2v) is 10.6. The molecule has 1 aromatic carbocycles. The van der Waals surface area contributed by atoms with Gasteiger partial charge in [0, 0.05) is 46.9 Å². The summed E-state index contributed by atoms with van der Waals surface area (Å²) >= 11 is 7.65. The SMILES string of the molecule is COC(=O)C1=C2C[C@H](NS(=O)(=O)CCO)CN2C(c2nccs2)=N[C@H]1c1ccc(F)cc1Cl. The number of aliphatic hydroxyl groups excluding tert-OH is 1. The Bertz CT molecular complexity index is 1230. The fourth-order valence-corrected chi connectivity index (χ4v) is 5.86. The maximum atomic E-state index is 13.7. The molecule has 2 N–H and O–H groups in total. The van der Waals surface area contributed by atoms with Crippen LogP contribution in [0.3, 0.4) is 0 Å². The van der Waals surface area contributed by atoms with Gasteiger partial charge in [-0.2, -0.15) is 0 Å². The fraction of sp³-hybridized carbons (Fsp3) is 0.350. The molecule has 0 bridgehead atoms. The molecule has 0 aliphatic carbocycles. The van der Waals surface area contributed by atoms with Crippen LogP contribution in [0.4, 0.5) is 4.39 Å². The molecule has 1 aromatic heterocycles. The van der Waals surface area contributed by atoms with Crippen LogP contribution in [0.5, 0.6) is 0 Å². The van der Waals surface area contributed by atoms with Gasteiger partial charge in [-0.1, -0.05) is 17.7 Å². The van der Waals surface area contributed by atoms with Crippen LogP contribution in [0.25, 0.3) is 0 Å². The van der Waals surface area contributed by atoms with Gasteiger partial charge in [0.25, 0.3) is 0 Å². The van der Waals surface area contributed by atoms with Crippen molar-refractivity contribution in [1.82, 2.24) is 14.6 Å². The zero-order chi connectivity index (χ0) is 23.8. The number of fused-ring (bicyclic) bond motifs is 1. The zero-order valence-electron chi connectivity index (χ0n) is 17.4. The number of amidine groups is 1. The molecule has 176 valence electrons. The highest BCUT2D eigenvalue weighted by Gasteiger charge is 2.43. The first kappa shape index (κ1) is 23.8. The predicted octanol–water partition coefficient (Wildman–Crippen LogP) is 1.85. The van der Waals surface area contributed by atoms with Crippen LogP contribution in [0, 0.1) is 5.82 Å². The molecule has 9 nitrogen and oxygen atoms in total. The maximum absolute atomic E-state index is 13.7. The van der Waals surface area contributed by atoms with Crippen LogP contribution < -0.4 is 4.72 Å². The number of aromatic nitrogens is 1. The molecular weight excluding hydrogens is 495 g/mol. The molecule has 4 rings (SSSR count). The number of aliphatic imine (C=N–C) groups is 1. The number of hydrogen-bond donors (Lipinski definition) is 2. The average Bonchev–Trinajstić information content (AvgIpc) is 3.41. The molecule has 0 saturated carbocycles. The Morgan fingerprint density at radius 3 is 2.88 bits per heavy atom. The van der Waals surface area contributed by atoms with Crippen molar-refractivity contribution in [2.45, 2.75) is 18.5 Å². The summed E-state index contributed by atoms with van der Waals surface area (Å²) in [6, 6.07) is 2.35. The molecule has 1 saturated heterocycles. The molecule has 3 heterocycles. The quantitative estimate of drug-likeness (QED) is 0.541. The van der Waals surface area contributed by atoms with E-state index >= 15 is 0 Å². The third kappa shape index (κ3) is 4.80. The van der Waals surface area contributed by atoms with Gasteiger partial charge in [-0.3, -0.25) is 4.99 Å². The van der Waals surface area contributed by atoms with Crippen molar-refractivity contribution in [1.29, 1.82) is 0 Å². The first-order valence-electron chi connectivity index (χ1n) is 9.86. The Morgan fingerprint density at radius 1 is 1.45 bits per heavy atom. The molecular formula is C20H20ClFN4O5S2. The van der Waals surface area contributed by atoms with Crippen molar-refractivity contribution in [2.24, 2.45) is 4.99 Å². The van der Waals surface area contributed by atoms with Gasteiger partial charge in [0.05, 0.1) is 25.0 Å². The summed E-state index contributed by atoms with van der Waals surface area (Å²) in [6.45, 7) is -0.318. The molecule has 2 aromatic rings. The lowest BCUT2D eigenvalue weighted by atomic mass is 9.94. The summed E-state index contributed by atoms with van der Waals surface area (Å²) in [5.41, 5.74) is 1.11. The number of methoxy groups -OCH3 is 1. The highest BCUT2D eigenvalue weighted by Crippen LogP contribution is 2.42. The summed E-state index contributed by atoms with van der Waals surface area (Å²) in [5, 5.41) is 11.5. The topological polar surface area (TPSA) is 121 Å². The molecule has 0 amide bonds. The van der Waals surface area contributed by atoms with E-state index in [4.69, 9.17) is 26.4 Å². The highest BCUT2D eigenvalue weighted by atomic mass is 35.5. The number of nitrogens with zero attached hydrogens (tertiary/aromatic N) is 3. The van der Waals surface area contributed by atoms with Gasteiger partial charge in [0.1, 0.15) is 11.9 Å². The molecule has 0 unspecified atom stereocenters. The largest absolute Gasteiger partial charge is 0.466 e. The molecule has 0 radical (unpaired) electrons. The van der Waals surface area contributed by atoms with Crippen molar-refractivity contribution in [3.05, 3.63) is 62.5 Å². The van der Waals surface area contributed by atoms with Gasteiger partial charge in [-0.25, -0.2) is 27.3 Å². The lowest BCUT2D eigenvalue weighted by molar-refractivity contribution is -0.136. The Morgan fingerprint density at radius 2 is 2.24 bits per heavy atom. The number of aliphatic hydroxyl groups is 1. The number of esters is 1. The second kappa shape index (κ2) is 9.47. The zero-order valence-corrected chi connectivity index (χ0v) is 19.8. The summed E-state index contributed by atoms with van der Waals surface area (Å²) < 4.78 is 45.8. The molecule has 13 heteroatoms. The van der Waals surface area contributed by atoms with E-state index in [0.29, 0.717) is 22.1 Å². The summed E-state index contributed by atoms with van der Waals surface area (Å²) in [7, 11) is -2.49. The number of carbonyl (C=O) groups excluding carboxylic acids is 1. The summed E-state index contributed by atoms with van der Waals surface area (Å²) in [4.78, 5) is 23.7. The van der Waals surface area contributed by atoms with E-state index in [1.807, 2.05) is 0 Å². The standard InChI is InChI=1S/C20H20ClFN4O5S2/c1-31-20(28)16-15-9-12(25-33(29,30)7-5-27)10-26(15)18(19-23-4-6-32-19)24-17(16)13-3-2-11(22)8-14(13)21/h2-4,6,8,12,17,25,27H,5,7,9-10H2,1H3/t12-,17-/m0/s1. The minimum absolute atomic E-state index is 0.0934. The average molecular weight is 515 g/mol. The Kier molecular flexibility index (Phi) is 6.82. The van der Waals surface area contributed by atoms with Gasteiger partial charge in [-0.05, 0) is 12.1 Å². The van der Waals surface area contributed by atoms with Gasteiger partial charge in [0.15, 0.2) is 10.8 Å². The smallest absolute Gasteiger partial charge is 0.338 e. The van der Waals surface area contributed by atoms with Crippen LogP contribution >= 0.6 is 22.9 Å². The van der Waals surface area contributed by atoms with Crippen LogP contribution in [0.1, 0.15) is 23.0 Å². The molecule has 33 heavy (non-hydrogen) atoms. The first-order valence-corrected chi connectivity index (χ1v) is 12.8. The van der Waals surface area contributed by atoms with Crippen LogP contribution in [-0.4, -0.2) is 67.3 Å². The van der Waals surface area contributed by atoms with Crippen molar-refractivity contribution < 1.29 is 27.4 Å². The third-order valence-corrected chi connectivity index (χ3v) is 7.76. The van der Waals surface area contributed by atoms with Crippen LogP contribution in [0.2, 0.25) is 5.02 Å². The highest BCUT2D eigenvalue weighted by molar-refractivity contribution is 7.89. The van der Waals surface area contributed by atoms with Crippen molar-refractivity contribution in [3.8, 4) is 0 Å². The number of halogens is 2. The van der Waals surface area contributed by atoms with E-state index in [2.05, 4.69) is 9.71 Å². The lowest BCUT2D eigenvalue weighted by Crippen LogP contribution is -2.40. The van der Waals surface area contributed by atoms with Crippen molar-refractivity contribution in [3.63, 3.8) is 0 Å². The van der Waals surface area contributed by atoms with E-state index in [9.17, 15) is 17.6 Å². The van der Waals surface area contributed by atoms with E-state index in [1.165, 1.54) is 30.6 Å². The van der Waals surface area contributed by atoms with Gasteiger partial charge in [-0.15, -0.1) is 11.3 Å². The number of sulfonamides is 1. The number of benzene rings is 1. The minimum atomic E-state index is -3.73. The van der Waals surface area contributed by atoms with Gasteiger partial charge < -0.3 is 14.7 Å². The molecule has 2 aliphatic heterocycles. The second-order valence-electron chi connectivity index (χ2n) is 7.38.